The lowest BCUT2D eigenvalue weighted by Crippen LogP contribution is -2.11. The molecule has 0 aromatic carbocycles. The van der Waals surface area contributed by atoms with Crippen molar-refractivity contribution in [3.63, 3.8) is 0 Å². The molecule has 0 aromatic rings. The van der Waals surface area contributed by atoms with Crippen LogP contribution in [0.25, 0.3) is 0 Å². The normalized spacial score (nSPS) is 9.96. The molecule has 0 aliphatic rings. The summed E-state index contributed by atoms with van der Waals surface area (Å²) >= 11 is 0. The summed E-state index contributed by atoms with van der Waals surface area (Å²) in [7, 11) is 1.33. The fraction of sp³-hybridized carbons (Fsp3) is 0.588. The number of carboxylic acids is 2. The number of carboxylic acid groups (broad SMARTS) is 2. The second-order valence-electron chi connectivity index (χ2n) is 4.94. The first-order valence-electron chi connectivity index (χ1n) is 7.40. The van der Waals surface area contributed by atoms with Gasteiger partial charge in [0.1, 0.15) is 0 Å². The number of hydrogen-bond acceptors (Lipinski definition) is 4. The molecular weight excluding hydrogens is 300 g/mol. The standard InChI is InChI=1S/C8H16O2.C5H8O2.C4H6O2/c1-3-5-6-7(4-2)8(9)10;1-4(2)5(6)7-3;1-3(2)4(5)6/h7H,3-6H2,1-2H3,(H,9,10);1H2,2-3H3;1H2,2H3,(H,5,6). The van der Waals surface area contributed by atoms with E-state index in [-0.39, 0.29) is 17.5 Å². The molecule has 0 rings (SSSR count). The Hall–Kier alpha value is -2.11. The van der Waals surface area contributed by atoms with Crippen LogP contribution in [0.4, 0.5) is 0 Å². The van der Waals surface area contributed by atoms with Gasteiger partial charge in [0, 0.05) is 11.1 Å². The van der Waals surface area contributed by atoms with Crippen LogP contribution in [0.2, 0.25) is 0 Å². The van der Waals surface area contributed by atoms with E-state index in [0.29, 0.717) is 5.57 Å². The van der Waals surface area contributed by atoms with Gasteiger partial charge in [0.2, 0.25) is 0 Å². The number of rotatable bonds is 7. The van der Waals surface area contributed by atoms with Crippen molar-refractivity contribution in [2.75, 3.05) is 7.11 Å². The molecule has 6 nitrogen and oxygen atoms in total. The maximum atomic E-state index is 10.4. The minimum Gasteiger partial charge on any atom is -0.481 e. The molecular formula is C17H30O6. The molecule has 0 spiro atoms. The number of ether oxygens (including phenoxy) is 1. The van der Waals surface area contributed by atoms with Gasteiger partial charge in [-0.05, 0) is 26.7 Å². The SMILES string of the molecule is C=C(C)C(=O)O.C=C(C)C(=O)OC.CCCCC(CC)C(=O)O. The summed E-state index contributed by atoms with van der Waals surface area (Å²) in [5, 5.41) is 16.5. The molecule has 0 aromatic heterocycles. The summed E-state index contributed by atoms with van der Waals surface area (Å²) in [6.45, 7) is 13.6. The van der Waals surface area contributed by atoms with E-state index in [0.717, 1.165) is 25.7 Å². The van der Waals surface area contributed by atoms with Crippen molar-refractivity contribution in [1.82, 2.24) is 0 Å². The zero-order valence-corrected chi connectivity index (χ0v) is 14.8. The van der Waals surface area contributed by atoms with Crippen molar-refractivity contribution in [3.8, 4) is 0 Å². The number of unbranched alkanes of at least 4 members (excludes halogenated alkanes) is 1. The van der Waals surface area contributed by atoms with E-state index in [1.165, 1.54) is 14.0 Å². The van der Waals surface area contributed by atoms with E-state index in [4.69, 9.17) is 10.2 Å². The fourth-order valence-corrected chi connectivity index (χ4v) is 1.13. The molecule has 0 radical (unpaired) electrons. The van der Waals surface area contributed by atoms with Gasteiger partial charge in [-0.3, -0.25) is 4.79 Å². The Morgan fingerprint density at radius 2 is 1.48 bits per heavy atom. The molecule has 2 N–H and O–H groups in total. The van der Waals surface area contributed by atoms with E-state index in [9.17, 15) is 14.4 Å². The molecule has 6 heteroatoms. The van der Waals surface area contributed by atoms with Gasteiger partial charge >= 0.3 is 17.9 Å². The van der Waals surface area contributed by atoms with Gasteiger partial charge in [-0.15, -0.1) is 0 Å². The summed E-state index contributed by atoms with van der Waals surface area (Å²) in [5.74, 6) is -2.04. The molecule has 0 heterocycles. The summed E-state index contributed by atoms with van der Waals surface area (Å²) in [6.07, 6.45) is 3.71. The zero-order valence-electron chi connectivity index (χ0n) is 14.8. The Labute approximate surface area is 138 Å². The highest BCUT2D eigenvalue weighted by molar-refractivity contribution is 5.86. The summed E-state index contributed by atoms with van der Waals surface area (Å²) < 4.78 is 4.27. The van der Waals surface area contributed by atoms with Crippen LogP contribution in [0.5, 0.6) is 0 Å². The number of carbonyl (C=O) groups is 3. The highest BCUT2D eigenvalue weighted by atomic mass is 16.5. The molecule has 1 unspecified atom stereocenters. The minimum atomic E-state index is -0.935. The molecule has 0 aliphatic heterocycles. The lowest BCUT2D eigenvalue weighted by Gasteiger charge is -2.06. The summed E-state index contributed by atoms with van der Waals surface area (Å²) in [6, 6.07) is 0. The number of carbonyl (C=O) groups excluding carboxylic acids is 1. The third-order valence-corrected chi connectivity index (χ3v) is 2.65. The van der Waals surface area contributed by atoms with Gasteiger partial charge in [-0.1, -0.05) is 39.8 Å². The van der Waals surface area contributed by atoms with Crippen molar-refractivity contribution in [3.05, 3.63) is 24.3 Å². The van der Waals surface area contributed by atoms with Crippen molar-refractivity contribution in [1.29, 1.82) is 0 Å². The maximum Gasteiger partial charge on any atom is 0.332 e. The van der Waals surface area contributed by atoms with Crippen LogP contribution in [-0.4, -0.2) is 35.2 Å². The van der Waals surface area contributed by atoms with Crippen LogP contribution in [-0.2, 0) is 19.1 Å². The van der Waals surface area contributed by atoms with E-state index in [1.54, 1.807) is 6.92 Å². The van der Waals surface area contributed by atoms with Gasteiger partial charge in [-0.2, -0.15) is 0 Å². The van der Waals surface area contributed by atoms with Crippen LogP contribution in [0.15, 0.2) is 24.3 Å². The third kappa shape index (κ3) is 19.9. The third-order valence-electron chi connectivity index (χ3n) is 2.65. The molecule has 0 aliphatic carbocycles. The van der Waals surface area contributed by atoms with E-state index in [1.807, 2.05) is 6.92 Å². The monoisotopic (exact) mass is 330 g/mol. The van der Waals surface area contributed by atoms with Crippen LogP contribution in [0.1, 0.15) is 53.4 Å². The number of esters is 1. The fourth-order valence-electron chi connectivity index (χ4n) is 1.13. The predicted octanol–water partition coefficient (Wildman–Crippen LogP) is 3.67. The van der Waals surface area contributed by atoms with Crippen molar-refractivity contribution < 1.29 is 29.3 Å². The largest absolute Gasteiger partial charge is 0.481 e. The van der Waals surface area contributed by atoms with Gasteiger partial charge in [-0.25, -0.2) is 9.59 Å². The van der Waals surface area contributed by atoms with E-state index in [2.05, 4.69) is 24.8 Å². The van der Waals surface area contributed by atoms with Crippen molar-refractivity contribution in [2.45, 2.75) is 53.4 Å². The molecule has 0 bridgehead atoms. The molecule has 0 fully saturated rings. The van der Waals surface area contributed by atoms with Crippen molar-refractivity contribution >= 4 is 17.9 Å². The average Bonchev–Trinajstić information content (AvgIpc) is 2.47. The Morgan fingerprint density at radius 1 is 1.04 bits per heavy atom. The summed E-state index contributed by atoms with van der Waals surface area (Å²) in [5.41, 5.74) is 0.609. The second-order valence-corrected chi connectivity index (χ2v) is 4.94. The van der Waals surface area contributed by atoms with Crippen LogP contribution in [0, 0.1) is 5.92 Å². The molecule has 0 amide bonds. The molecule has 1 atom stereocenters. The Kier molecular flexibility index (Phi) is 18.3. The van der Waals surface area contributed by atoms with Crippen LogP contribution >= 0.6 is 0 Å². The topological polar surface area (TPSA) is 101 Å². The maximum absolute atomic E-state index is 10.4. The molecule has 134 valence electrons. The van der Waals surface area contributed by atoms with E-state index < -0.39 is 11.9 Å². The number of hydrogen-bond donors (Lipinski definition) is 2. The average molecular weight is 330 g/mol. The smallest absolute Gasteiger partial charge is 0.332 e. The lowest BCUT2D eigenvalue weighted by atomic mass is 10.00. The quantitative estimate of drug-likeness (QED) is 0.545. The molecule has 0 saturated carbocycles. The molecule has 0 saturated heterocycles. The highest BCUT2D eigenvalue weighted by Gasteiger charge is 2.12. The van der Waals surface area contributed by atoms with E-state index >= 15 is 0 Å². The van der Waals surface area contributed by atoms with Gasteiger partial charge < -0.3 is 14.9 Å². The minimum absolute atomic E-state index is 0.111. The highest BCUT2D eigenvalue weighted by Crippen LogP contribution is 2.11. The van der Waals surface area contributed by atoms with Crippen LogP contribution < -0.4 is 0 Å². The predicted molar refractivity (Wildman–Crippen MR) is 90.2 cm³/mol. The Bertz CT molecular complexity index is 386. The first-order chi connectivity index (χ1) is 10.5. The van der Waals surface area contributed by atoms with Gasteiger partial charge in [0.05, 0.1) is 13.0 Å². The van der Waals surface area contributed by atoms with Gasteiger partial charge in [0.25, 0.3) is 0 Å². The number of aliphatic carboxylic acids is 2. The molecule has 23 heavy (non-hydrogen) atoms. The Balaban J connectivity index is -0.000000272. The van der Waals surface area contributed by atoms with Gasteiger partial charge in [0.15, 0.2) is 0 Å². The lowest BCUT2D eigenvalue weighted by molar-refractivity contribution is -0.142. The second kappa shape index (κ2) is 16.3. The first-order valence-corrected chi connectivity index (χ1v) is 7.40. The number of methoxy groups -OCH3 is 1. The van der Waals surface area contributed by atoms with Crippen LogP contribution in [0.3, 0.4) is 0 Å². The van der Waals surface area contributed by atoms with Crippen molar-refractivity contribution in [2.24, 2.45) is 5.92 Å². The zero-order chi connectivity index (χ0) is 19.0. The summed E-state index contributed by atoms with van der Waals surface area (Å²) in [4.78, 5) is 30.2. The first kappa shape index (κ1) is 25.8. The Morgan fingerprint density at radius 3 is 1.61 bits per heavy atom.